The first-order valence-corrected chi connectivity index (χ1v) is 9.75. The molecule has 3 aromatic rings. The molecular weight excluding hydrogens is 375 g/mol. The highest BCUT2D eigenvalue weighted by Gasteiger charge is 2.31. The van der Waals surface area contributed by atoms with Gasteiger partial charge in [-0.2, -0.15) is 0 Å². The molecule has 1 aromatic heterocycles. The van der Waals surface area contributed by atoms with Crippen LogP contribution in [0.2, 0.25) is 5.02 Å². The molecule has 1 aliphatic rings. The number of aromatic nitrogens is 1. The lowest BCUT2D eigenvalue weighted by atomic mass is 10.1. The van der Waals surface area contributed by atoms with Gasteiger partial charge >= 0.3 is 0 Å². The maximum Gasteiger partial charge on any atom is 0.254 e. The molecule has 1 fully saturated rings. The Bertz CT molecular complexity index is 990. The van der Waals surface area contributed by atoms with E-state index in [9.17, 15) is 9.18 Å². The Morgan fingerprint density at radius 3 is 2.64 bits per heavy atom. The molecule has 2 aromatic carbocycles. The van der Waals surface area contributed by atoms with Crippen LogP contribution in [0.1, 0.15) is 46.2 Å². The van der Waals surface area contributed by atoms with Gasteiger partial charge in [-0.15, -0.1) is 0 Å². The Labute approximate surface area is 168 Å². The van der Waals surface area contributed by atoms with Gasteiger partial charge in [-0.25, -0.2) is 4.39 Å². The number of benzene rings is 2. The van der Waals surface area contributed by atoms with Crippen molar-refractivity contribution in [2.45, 2.75) is 25.3 Å². The smallest absolute Gasteiger partial charge is 0.254 e. The van der Waals surface area contributed by atoms with E-state index in [2.05, 4.69) is 0 Å². The number of hydrogen-bond acceptors (Lipinski definition) is 2. The fraction of sp³-hybridized carbons (Fsp3) is 0.217. The number of nitrogens with zero attached hydrogens (tertiary/aromatic N) is 2. The van der Waals surface area contributed by atoms with E-state index in [1.165, 1.54) is 24.3 Å². The van der Waals surface area contributed by atoms with Crippen molar-refractivity contribution in [2.24, 2.45) is 0 Å². The van der Waals surface area contributed by atoms with Crippen LogP contribution in [0.5, 0.6) is 0 Å². The first kappa shape index (κ1) is 18.6. The Morgan fingerprint density at radius 1 is 1.07 bits per heavy atom. The fourth-order valence-corrected chi connectivity index (χ4v) is 3.90. The van der Waals surface area contributed by atoms with Gasteiger partial charge in [0.1, 0.15) is 5.82 Å². The molecular formula is C23H20ClFN2O. The van der Waals surface area contributed by atoms with E-state index in [0.717, 1.165) is 34.8 Å². The van der Waals surface area contributed by atoms with Crippen molar-refractivity contribution in [1.29, 1.82) is 0 Å². The van der Waals surface area contributed by atoms with E-state index in [1.54, 1.807) is 0 Å². The van der Waals surface area contributed by atoms with Gasteiger partial charge in [0.25, 0.3) is 5.91 Å². The number of carbonyl (C=O) groups is 1. The SMILES string of the molecule is O=C(c1ccc(F)cc1)N1CCC[C@@H]1c1cccc(Cc2ccccc2Cl)n1. The summed E-state index contributed by atoms with van der Waals surface area (Å²) in [7, 11) is 0. The van der Waals surface area contributed by atoms with Crippen molar-refractivity contribution < 1.29 is 9.18 Å². The number of carbonyl (C=O) groups excluding carboxylic acids is 1. The van der Waals surface area contributed by atoms with Gasteiger partial charge in [0, 0.05) is 29.2 Å². The lowest BCUT2D eigenvalue weighted by Crippen LogP contribution is -2.31. The second kappa shape index (κ2) is 8.11. The Hall–Kier alpha value is -2.72. The predicted molar refractivity (Wildman–Crippen MR) is 108 cm³/mol. The third kappa shape index (κ3) is 3.92. The van der Waals surface area contributed by atoms with Gasteiger partial charge in [0.05, 0.1) is 11.7 Å². The molecule has 142 valence electrons. The molecule has 2 heterocycles. The number of likely N-dealkylation sites (tertiary alicyclic amines) is 1. The zero-order valence-corrected chi connectivity index (χ0v) is 16.1. The maximum atomic E-state index is 13.2. The number of halogens is 2. The molecule has 0 saturated carbocycles. The van der Waals surface area contributed by atoms with Crippen LogP contribution in [0.3, 0.4) is 0 Å². The Balaban J connectivity index is 1.57. The molecule has 0 bridgehead atoms. The average Bonchev–Trinajstić information content (AvgIpc) is 3.20. The van der Waals surface area contributed by atoms with E-state index >= 15 is 0 Å². The van der Waals surface area contributed by atoms with Crippen LogP contribution < -0.4 is 0 Å². The largest absolute Gasteiger partial charge is 0.330 e. The summed E-state index contributed by atoms with van der Waals surface area (Å²) in [6, 6.07) is 19.3. The average molecular weight is 395 g/mol. The molecule has 0 aliphatic carbocycles. The minimum absolute atomic E-state index is 0.0660. The van der Waals surface area contributed by atoms with Crippen LogP contribution in [0.15, 0.2) is 66.7 Å². The van der Waals surface area contributed by atoms with Crippen molar-refractivity contribution >= 4 is 17.5 Å². The van der Waals surface area contributed by atoms with Crippen LogP contribution >= 0.6 is 11.6 Å². The summed E-state index contributed by atoms with van der Waals surface area (Å²) >= 11 is 6.28. The van der Waals surface area contributed by atoms with Gasteiger partial charge in [0.2, 0.25) is 0 Å². The van der Waals surface area contributed by atoms with Crippen LogP contribution in [0.4, 0.5) is 4.39 Å². The van der Waals surface area contributed by atoms with E-state index in [1.807, 2.05) is 47.4 Å². The molecule has 0 radical (unpaired) electrons. The van der Waals surface area contributed by atoms with Crippen molar-refractivity contribution in [3.63, 3.8) is 0 Å². The van der Waals surface area contributed by atoms with Crippen LogP contribution in [0.25, 0.3) is 0 Å². The summed E-state index contributed by atoms with van der Waals surface area (Å²) in [4.78, 5) is 19.6. The van der Waals surface area contributed by atoms with E-state index in [4.69, 9.17) is 16.6 Å². The van der Waals surface area contributed by atoms with Gasteiger partial charge in [-0.05, 0) is 60.9 Å². The molecule has 0 N–H and O–H groups in total. The zero-order valence-electron chi connectivity index (χ0n) is 15.3. The molecule has 1 aliphatic heterocycles. The topological polar surface area (TPSA) is 33.2 Å². The molecule has 1 atom stereocenters. The van der Waals surface area contributed by atoms with Crippen LogP contribution in [-0.4, -0.2) is 22.3 Å². The summed E-state index contributed by atoms with van der Waals surface area (Å²) in [5, 5.41) is 0.726. The molecule has 1 saturated heterocycles. The first-order chi connectivity index (χ1) is 13.6. The van der Waals surface area contributed by atoms with E-state index < -0.39 is 0 Å². The Morgan fingerprint density at radius 2 is 1.86 bits per heavy atom. The fourth-order valence-electron chi connectivity index (χ4n) is 3.69. The third-order valence-electron chi connectivity index (χ3n) is 5.10. The van der Waals surface area contributed by atoms with Gasteiger partial charge < -0.3 is 4.90 Å². The molecule has 0 spiro atoms. The third-order valence-corrected chi connectivity index (χ3v) is 5.47. The zero-order chi connectivity index (χ0) is 19.5. The van der Waals surface area contributed by atoms with Crippen molar-refractivity contribution in [3.05, 3.63) is 100 Å². The lowest BCUT2D eigenvalue weighted by Gasteiger charge is -2.25. The van der Waals surface area contributed by atoms with Crippen molar-refractivity contribution in [1.82, 2.24) is 9.88 Å². The summed E-state index contributed by atoms with van der Waals surface area (Å²) in [6.07, 6.45) is 2.44. The highest BCUT2D eigenvalue weighted by Crippen LogP contribution is 2.32. The van der Waals surface area contributed by atoms with Gasteiger partial charge in [0.15, 0.2) is 0 Å². The highest BCUT2D eigenvalue weighted by atomic mass is 35.5. The number of amides is 1. The standard InChI is InChI=1S/C23H20ClFN2O/c24-20-7-2-1-5-17(20)15-19-6-3-8-21(26-19)22-9-4-14-27(22)23(28)16-10-12-18(25)13-11-16/h1-3,5-8,10-13,22H,4,9,14-15H2/t22-/m1/s1. The number of hydrogen-bond donors (Lipinski definition) is 0. The monoisotopic (exact) mass is 394 g/mol. The molecule has 1 amide bonds. The number of rotatable bonds is 4. The molecule has 28 heavy (non-hydrogen) atoms. The summed E-state index contributed by atoms with van der Waals surface area (Å²) < 4.78 is 13.2. The van der Waals surface area contributed by atoms with Crippen LogP contribution in [-0.2, 0) is 6.42 Å². The van der Waals surface area contributed by atoms with Crippen molar-refractivity contribution in [3.8, 4) is 0 Å². The molecule has 3 nitrogen and oxygen atoms in total. The summed E-state index contributed by atoms with van der Waals surface area (Å²) in [6.45, 7) is 0.678. The highest BCUT2D eigenvalue weighted by molar-refractivity contribution is 6.31. The van der Waals surface area contributed by atoms with Crippen molar-refractivity contribution in [2.75, 3.05) is 6.54 Å². The van der Waals surface area contributed by atoms with E-state index in [0.29, 0.717) is 18.5 Å². The van der Waals surface area contributed by atoms with Gasteiger partial charge in [-0.1, -0.05) is 35.9 Å². The first-order valence-electron chi connectivity index (χ1n) is 9.37. The summed E-state index contributed by atoms with van der Waals surface area (Å²) in [5.74, 6) is -0.427. The van der Waals surface area contributed by atoms with Crippen LogP contribution in [0, 0.1) is 5.82 Å². The van der Waals surface area contributed by atoms with E-state index in [-0.39, 0.29) is 17.8 Å². The van der Waals surface area contributed by atoms with Gasteiger partial charge in [-0.3, -0.25) is 9.78 Å². The predicted octanol–water partition coefficient (Wildman–Crippen LogP) is 5.44. The normalized spacial score (nSPS) is 16.4. The molecule has 5 heteroatoms. The minimum atomic E-state index is -0.344. The second-order valence-corrected chi connectivity index (χ2v) is 7.39. The molecule has 4 rings (SSSR count). The quantitative estimate of drug-likeness (QED) is 0.590. The maximum absolute atomic E-state index is 13.2. The second-order valence-electron chi connectivity index (χ2n) is 6.99. The summed E-state index contributed by atoms with van der Waals surface area (Å²) in [5.41, 5.74) is 3.34. The number of pyridine rings is 1. The minimum Gasteiger partial charge on any atom is -0.330 e. The lowest BCUT2D eigenvalue weighted by molar-refractivity contribution is 0.0732. The Kier molecular flexibility index (Phi) is 5.40. The molecule has 0 unspecified atom stereocenters.